The van der Waals surface area contributed by atoms with Gasteiger partial charge in [0, 0.05) is 12.7 Å². The first-order valence-electron chi connectivity index (χ1n) is 5.65. The van der Waals surface area contributed by atoms with E-state index >= 15 is 0 Å². The average Bonchev–Trinajstić information content (AvgIpc) is 2.61. The molecule has 0 aliphatic heterocycles. The lowest BCUT2D eigenvalue weighted by molar-refractivity contribution is 0.542. The summed E-state index contributed by atoms with van der Waals surface area (Å²) in [6.45, 7) is 6.26. The van der Waals surface area contributed by atoms with Crippen molar-refractivity contribution in [3.63, 3.8) is 0 Å². The number of sulfone groups is 1. The lowest BCUT2D eigenvalue weighted by Crippen LogP contribution is -2.32. The number of hydrogen-bond acceptors (Lipinski definition) is 4. The van der Waals surface area contributed by atoms with Crippen molar-refractivity contribution in [1.82, 2.24) is 15.1 Å². The van der Waals surface area contributed by atoms with Gasteiger partial charge in [-0.05, 0) is 33.9 Å². The van der Waals surface area contributed by atoms with Crippen LogP contribution in [0, 0.1) is 0 Å². The highest BCUT2D eigenvalue weighted by atomic mass is 32.2. The molecule has 1 aromatic rings. The van der Waals surface area contributed by atoms with E-state index in [1.54, 1.807) is 31.6 Å². The molecule has 0 saturated heterocycles. The third-order valence-electron chi connectivity index (χ3n) is 2.67. The Morgan fingerprint density at radius 1 is 1.41 bits per heavy atom. The smallest absolute Gasteiger partial charge is 0.157 e. The van der Waals surface area contributed by atoms with Crippen LogP contribution in [0.25, 0.3) is 0 Å². The molecular weight excluding hydrogens is 238 g/mol. The fourth-order valence-corrected chi connectivity index (χ4v) is 2.43. The molecule has 0 amide bonds. The molecule has 0 aliphatic carbocycles. The first-order valence-corrected chi connectivity index (χ1v) is 7.31. The Labute approximate surface area is 103 Å². The van der Waals surface area contributed by atoms with E-state index in [2.05, 4.69) is 10.4 Å². The van der Waals surface area contributed by atoms with Crippen molar-refractivity contribution in [2.24, 2.45) is 0 Å². The van der Waals surface area contributed by atoms with Crippen LogP contribution in [-0.4, -0.2) is 35.7 Å². The zero-order chi connectivity index (χ0) is 13.1. The zero-order valence-corrected chi connectivity index (χ0v) is 11.7. The van der Waals surface area contributed by atoms with Gasteiger partial charge >= 0.3 is 0 Å². The van der Waals surface area contributed by atoms with Crippen molar-refractivity contribution < 1.29 is 8.42 Å². The number of nitrogens with one attached hydrogen (secondary N) is 1. The molecule has 0 atom stereocenters. The van der Waals surface area contributed by atoms with E-state index in [0.717, 1.165) is 5.69 Å². The molecule has 0 aliphatic rings. The van der Waals surface area contributed by atoms with Gasteiger partial charge in [-0.15, -0.1) is 0 Å². The summed E-state index contributed by atoms with van der Waals surface area (Å²) in [4.78, 5) is 0. The Hall–Kier alpha value is -0.880. The second kappa shape index (κ2) is 5.18. The monoisotopic (exact) mass is 259 g/mol. The third kappa shape index (κ3) is 3.54. The van der Waals surface area contributed by atoms with E-state index in [1.165, 1.54) is 0 Å². The summed E-state index contributed by atoms with van der Waals surface area (Å²) in [6.07, 6.45) is 1.69. The van der Waals surface area contributed by atoms with Crippen LogP contribution in [-0.2, 0) is 22.9 Å². The molecule has 1 aromatic heterocycles. The summed E-state index contributed by atoms with van der Waals surface area (Å²) >= 11 is 0. The standard InChI is InChI=1S/C11H21N3O2S/c1-11(2,3)17(15,16)8-7-14-10(9-12-4)5-6-13-14/h5-6,12H,7-9H2,1-4H3. The molecule has 0 saturated carbocycles. The lowest BCUT2D eigenvalue weighted by Gasteiger charge is -2.19. The van der Waals surface area contributed by atoms with E-state index in [1.807, 2.05) is 13.1 Å². The zero-order valence-electron chi connectivity index (χ0n) is 10.9. The summed E-state index contributed by atoms with van der Waals surface area (Å²) in [5, 5.41) is 7.16. The first kappa shape index (κ1) is 14.2. The topological polar surface area (TPSA) is 64.0 Å². The molecule has 0 bridgehead atoms. The van der Waals surface area contributed by atoms with Crippen LogP contribution in [0.2, 0.25) is 0 Å². The maximum atomic E-state index is 12.0. The molecule has 5 nitrogen and oxygen atoms in total. The van der Waals surface area contributed by atoms with Gasteiger partial charge in [-0.1, -0.05) is 0 Å². The van der Waals surface area contributed by atoms with Crippen LogP contribution in [0.3, 0.4) is 0 Å². The Kier molecular flexibility index (Phi) is 4.32. The molecule has 0 fully saturated rings. The van der Waals surface area contributed by atoms with Crippen molar-refractivity contribution in [3.05, 3.63) is 18.0 Å². The van der Waals surface area contributed by atoms with E-state index < -0.39 is 14.6 Å². The maximum absolute atomic E-state index is 12.0. The van der Waals surface area contributed by atoms with Gasteiger partial charge in [0.25, 0.3) is 0 Å². The molecule has 1 N–H and O–H groups in total. The van der Waals surface area contributed by atoms with Gasteiger partial charge in [0.1, 0.15) is 0 Å². The summed E-state index contributed by atoms with van der Waals surface area (Å²) in [5.41, 5.74) is 0.997. The molecule has 1 rings (SSSR count). The fraction of sp³-hybridized carbons (Fsp3) is 0.727. The van der Waals surface area contributed by atoms with E-state index in [0.29, 0.717) is 13.1 Å². The van der Waals surface area contributed by atoms with Gasteiger partial charge in [-0.2, -0.15) is 5.10 Å². The summed E-state index contributed by atoms with van der Waals surface area (Å²) in [6, 6.07) is 1.89. The highest BCUT2D eigenvalue weighted by Crippen LogP contribution is 2.16. The Morgan fingerprint density at radius 2 is 2.06 bits per heavy atom. The van der Waals surface area contributed by atoms with Gasteiger partial charge in [0.2, 0.25) is 0 Å². The minimum atomic E-state index is -3.09. The van der Waals surface area contributed by atoms with Crippen LogP contribution in [0.1, 0.15) is 26.5 Å². The molecule has 0 radical (unpaired) electrons. The summed E-state index contributed by atoms with van der Waals surface area (Å²) < 4.78 is 25.0. The van der Waals surface area contributed by atoms with Crippen molar-refractivity contribution in [2.75, 3.05) is 12.8 Å². The summed E-state index contributed by atoms with van der Waals surface area (Å²) in [5.74, 6) is 0.120. The summed E-state index contributed by atoms with van der Waals surface area (Å²) in [7, 11) is -1.24. The van der Waals surface area contributed by atoms with Crippen LogP contribution >= 0.6 is 0 Å². The number of hydrogen-bond donors (Lipinski definition) is 1. The van der Waals surface area contributed by atoms with Crippen LogP contribution in [0.15, 0.2) is 12.3 Å². The van der Waals surface area contributed by atoms with Crippen molar-refractivity contribution in [2.45, 2.75) is 38.6 Å². The fourth-order valence-electron chi connectivity index (χ4n) is 1.41. The van der Waals surface area contributed by atoms with Gasteiger partial charge in [0.05, 0.1) is 22.7 Å². The van der Waals surface area contributed by atoms with Crippen LogP contribution < -0.4 is 5.32 Å². The molecule has 0 spiro atoms. The highest BCUT2D eigenvalue weighted by molar-refractivity contribution is 7.92. The molecule has 6 heteroatoms. The second-order valence-corrected chi connectivity index (χ2v) is 7.87. The van der Waals surface area contributed by atoms with Crippen LogP contribution in [0.4, 0.5) is 0 Å². The molecule has 98 valence electrons. The average molecular weight is 259 g/mol. The largest absolute Gasteiger partial charge is 0.314 e. The predicted octanol–water partition coefficient (Wildman–Crippen LogP) is 0.816. The second-order valence-electron chi connectivity index (χ2n) is 5.01. The predicted molar refractivity (Wildman–Crippen MR) is 68.5 cm³/mol. The Balaban J connectivity index is 2.71. The third-order valence-corrected chi connectivity index (χ3v) is 5.25. The van der Waals surface area contributed by atoms with E-state index in [4.69, 9.17) is 0 Å². The Morgan fingerprint density at radius 3 is 2.59 bits per heavy atom. The minimum absolute atomic E-state index is 0.120. The van der Waals surface area contributed by atoms with Gasteiger partial charge in [-0.3, -0.25) is 4.68 Å². The normalized spacial score (nSPS) is 12.9. The molecule has 0 unspecified atom stereocenters. The highest BCUT2D eigenvalue weighted by Gasteiger charge is 2.28. The minimum Gasteiger partial charge on any atom is -0.314 e. The van der Waals surface area contributed by atoms with Gasteiger partial charge in [0.15, 0.2) is 9.84 Å². The first-order chi connectivity index (χ1) is 7.78. The van der Waals surface area contributed by atoms with Crippen LogP contribution in [0.5, 0.6) is 0 Å². The molecular formula is C11H21N3O2S. The van der Waals surface area contributed by atoms with E-state index in [9.17, 15) is 8.42 Å². The van der Waals surface area contributed by atoms with Crippen molar-refractivity contribution >= 4 is 9.84 Å². The van der Waals surface area contributed by atoms with E-state index in [-0.39, 0.29) is 5.75 Å². The van der Waals surface area contributed by atoms with Crippen molar-refractivity contribution in [1.29, 1.82) is 0 Å². The SMILES string of the molecule is CNCc1ccnn1CCS(=O)(=O)C(C)(C)C. The molecule has 17 heavy (non-hydrogen) atoms. The Bertz CT molecular complexity index is 457. The molecule has 0 aromatic carbocycles. The van der Waals surface area contributed by atoms with Gasteiger partial charge in [-0.25, -0.2) is 8.42 Å². The van der Waals surface area contributed by atoms with Gasteiger partial charge < -0.3 is 5.32 Å². The number of aryl methyl sites for hydroxylation is 1. The number of aromatic nitrogens is 2. The lowest BCUT2D eigenvalue weighted by atomic mass is 10.3. The van der Waals surface area contributed by atoms with Crippen molar-refractivity contribution in [3.8, 4) is 0 Å². The molecule has 1 heterocycles. The quantitative estimate of drug-likeness (QED) is 0.850. The number of rotatable bonds is 5. The number of nitrogens with zero attached hydrogens (tertiary/aromatic N) is 2. The maximum Gasteiger partial charge on any atom is 0.157 e.